The summed E-state index contributed by atoms with van der Waals surface area (Å²) in [6.07, 6.45) is 0.0243. The highest BCUT2D eigenvalue weighted by Gasteiger charge is 2.31. The van der Waals surface area contributed by atoms with E-state index in [4.69, 9.17) is 4.74 Å². The number of fused-ring (bicyclic) bond motifs is 1. The van der Waals surface area contributed by atoms with Crippen LogP contribution in [0.1, 0.15) is 23.6 Å². The number of carbonyl (C=O) groups excluding carboxylic acids is 2. The van der Waals surface area contributed by atoms with Gasteiger partial charge in [0.1, 0.15) is 5.82 Å². The molecule has 9 heteroatoms. The molecule has 1 aromatic heterocycles. The maximum Gasteiger partial charge on any atom is 0.234 e. The van der Waals surface area contributed by atoms with E-state index in [1.54, 1.807) is 6.07 Å². The van der Waals surface area contributed by atoms with Gasteiger partial charge in [0.15, 0.2) is 5.13 Å². The molecule has 2 aliphatic heterocycles. The van der Waals surface area contributed by atoms with Gasteiger partial charge < -0.3 is 15.4 Å². The molecule has 2 aromatic rings. The molecule has 7 nitrogen and oxygen atoms in total. The number of amides is 2. The highest BCUT2D eigenvalue weighted by molar-refractivity contribution is 7.13. The van der Waals surface area contributed by atoms with Crippen LogP contribution in [0, 0.1) is 5.82 Å². The second-order valence-electron chi connectivity index (χ2n) is 6.56. The van der Waals surface area contributed by atoms with Gasteiger partial charge in [0, 0.05) is 37.1 Å². The third-order valence-electron chi connectivity index (χ3n) is 4.64. The van der Waals surface area contributed by atoms with Crippen LogP contribution in [0.25, 0.3) is 0 Å². The lowest BCUT2D eigenvalue weighted by Crippen LogP contribution is -2.35. The summed E-state index contributed by atoms with van der Waals surface area (Å²) in [5.41, 5.74) is 1.85. The fourth-order valence-electron chi connectivity index (χ4n) is 3.29. The van der Waals surface area contributed by atoms with E-state index in [1.807, 2.05) is 5.38 Å². The summed E-state index contributed by atoms with van der Waals surface area (Å²) in [5.74, 6) is -1.74. The first-order valence-electron chi connectivity index (χ1n) is 8.73. The lowest BCUT2D eigenvalue weighted by molar-refractivity contribution is -0.123. The van der Waals surface area contributed by atoms with Gasteiger partial charge in [-0.05, 0) is 17.7 Å². The number of nitrogens with one attached hydrogen (secondary N) is 2. The van der Waals surface area contributed by atoms with Gasteiger partial charge in [-0.15, -0.1) is 11.3 Å². The smallest absolute Gasteiger partial charge is 0.234 e. The van der Waals surface area contributed by atoms with Crippen LogP contribution in [0.2, 0.25) is 0 Å². The van der Waals surface area contributed by atoms with Crippen LogP contribution in [0.3, 0.4) is 0 Å². The second-order valence-corrected chi connectivity index (χ2v) is 7.42. The van der Waals surface area contributed by atoms with E-state index in [9.17, 15) is 14.0 Å². The summed E-state index contributed by atoms with van der Waals surface area (Å²) in [4.78, 5) is 31.3. The lowest BCUT2D eigenvalue weighted by Gasteiger charge is -2.25. The Morgan fingerprint density at radius 1 is 1.41 bits per heavy atom. The molecule has 0 bridgehead atoms. The van der Waals surface area contributed by atoms with Crippen LogP contribution < -0.4 is 10.6 Å². The van der Waals surface area contributed by atoms with Crippen molar-refractivity contribution in [3.05, 3.63) is 40.7 Å². The van der Waals surface area contributed by atoms with Crippen LogP contribution in [-0.2, 0) is 20.9 Å². The van der Waals surface area contributed by atoms with Gasteiger partial charge in [-0.1, -0.05) is 6.07 Å². The average Bonchev–Trinajstić information content (AvgIpc) is 3.08. The van der Waals surface area contributed by atoms with Crippen molar-refractivity contribution in [1.82, 2.24) is 9.88 Å². The Balaban J connectivity index is 1.44. The molecular formula is C18H19FN4O3S. The molecular weight excluding hydrogens is 371 g/mol. The Labute approximate surface area is 159 Å². The number of anilines is 2. The monoisotopic (exact) mass is 390 g/mol. The molecule has 1 aromatic carbocycles. The number of nitrogens with zero attached hydrogens (tertiary/aromatic N) is 2. The molecule has 1 fully saturated rings. The van der Waals surface area contributed by atoms with Crippen molar-refractivity contribution >= 4 is 34.0 Å². The van der Waals surface area contributed by atoms with Gasteiger partial charge in [0.25, 0.3) is 0 Å². The molecule has 3 heterocycles. The first kappa shape index (κ1) is 18.0. The number of benzene rings is 1. The quantitative estimate of drug-likeness (QED) is 0.836. The minimum atomic E-state index is -0.666. The van der Waals surface area contributed by atoms with Crippen molar-refractivity contribution in [2.45, 2.75) is 18.9 Å². The number of hydrogen-bond acceptors (Lipinski definition) is 6. The molecule has 27 heavy (non-hydrogen) atoms. The van der Waals surface area contributed by atoms with Gasteiger partial charge in [0.2, 0.25) is 11.8 Å². The Bertz CT molecular complexity index is 866. The standard InChI is InChI=1S/C18H19FN4O3S/c19-11-1-2-13-14(8-16(24)21-15(13)7-11)17(25)22-18-20-12(10-27-18)9-23-3-5-26-6-4-23/h1-2,7,10,14H,3-6,8-9H2,(H,21,24)(H,20,22,25). The summed E-state index contributed by atoms with van der Waals surface area (Å²) >= 11 is 1.35. The normalized spacial score (nSPS) is 20.0. The lowest BCUT2D eigenvalue weighted by atomic mass is 9.90. The number of hydrogen-bond donors (Lipinski definition) is 2. The third kappa shape index (κ3) is 4.15. The summed E-state index contributed by atoms with van der Waals surface area (Å²) in [5, 5.41) is 7.82. The number of aromatic nitrogens is 1. The van der Waals surface area contributed by atoms with Crippen molar-refractivity contribution in [3.63, 3.8) is 0 Å². The van der Waals surface area contributed by atoms with Crippen molar-refractivity contribution in [2.24, 2.45) is 0 Å². The Kier molecular flexibility index (Phi) is 5.15. The number of thiazole rings is 1. The molecule has 2 amide bonds. The van der Waals surface area contributed by atoms with E-state index in [-0.39, 0.29) is 18.2 Å². The number of ether oxygens (including phenoxy) is 1. The van der Waals surface area contributed by atoms with Crippen LogP contribution >= 0.6 is 11.3 Å². The van der Waals surface area contributed by atoms with E-state index in [0.717, 1.165) is 32.0 Å². The zero-order valence-corrected chi connectivity index (χ0v) is 15.4. The summed E-state index contributed by atoms with van der Waals surface area (Å²) in [6, 6.07) is 4.07. The fraction of sp³-hybridized carbons (Fsp3) is 0.389. The SMILES string of the molecule is O=C1CC(C(=O)Nc2nc(CN3CCOCC3)cs2)c2ccc(F)cc2N1. The van der Waals surface area contributed by atoms with E-state index in [1.165, 1.54) is 23.5 Å². The Hall–Kier alpha value is -2.36. The molecule has 2 aliphatic rings. The van der Waals surface area contributed by atoms with Crippen molar-refractivity contribution in [3.8, 4) is 0 Å². The average molecular weight is 390 g/mol. The molecule has 1 saturated heterocycles. The van der Waals surface area contributed by atoms with E-state index in [2.05, 4.69) is 20.5 Å². The van der Waals surface area contributed by atoms with Crippen molar-refractivity contribution < 1.29 is 18.7 Å². The largest absolute Gasteiger partial charge is 0.379 e. The predicted molar refractivity (Wildman–Crippen MR) is 99.2 cm³/mol. The zero-order chi connectivity index (χ0) is 18.8. The number of morpholine rings is 1. The van der Waals surface area contributed by atoms with Crippen molar-refractivity contribution in [1.29, 1.82) is 0 Å². The first-order valence-corrected chi connectivity index (χ1v) is 9.61. The van der Waals surface area contributed by atoms with Crippen LogP contribution in [0.5, 0.6) is 0 Å². The third-order valence-corrected chi connectivity index (χ3v) is 5.45. The van der Waals surface area contributed by atoms with Crippen molar-refractivity contribution in [2.75, 3.05) is 36.9 Å². The number of halogens is 1. The second kappa shape index (κ2) is 7.71. The van der Waals surface area contributed by atoms with Gasteiger partial charge in [-0.3, -0.25) is 14.5 Å². The molecule has 2 N–H and O–H groups in total. The summed E-state index contributed by atoms with van der Waals surface area (Å²) in [6.45, 7) is 3.88. The van der Waals surface area contributed by atoms with E-state index in [0.29, 0.717) is 22.9 Å². The van der Waals surface area contributed by atoms with Gasteiger partial charge in [-0.2, -0.15) is 0 Å². The molecule has 0 radical (unpaired) electrons. The molecule has 1 unspecified atom stereocenters. The van der Waals surface area contributed by atoms with Crippen LogP contribution in [0.15, 0.2) is 23.6 Å². The van der Waals surface area contributed by atoms with Gasteiger partial charge in [0.05, 0.1) is 24.8 Å². The number of rotatable bonds is 4. The topological polar surface area (TPSA) is 83.6 Å². The minimum Gasteiger partial charge on any atom is -0.379 e. The highest BCUT2D eigenvalue weighted by atomic mass is 32.1. The molecule has 4 rings (SSSR count). The van der Waals surface area contributed by atoms with E-state index >= 15 is 0 Å². The van der Waals surface area contributed by atoms with Gasteiger partial charge >= 0.3 is 0 Å². The maximum absolute atomic E-state index is 13.4. The fourth-order valence-corrected chi connectivity index (χ4v) is 3.99. The summed E-state index contributed by atoms with van der Waals surface area (Å²) in [7, 11) is 0. The number of carbonyl (C=O) groups is 2. The molecule has 0 saturated carbocycles. The zero-order valence-electron chi connectivity index (χ0n) is 14.5. The molecule has 142 valence electrons. The Morgan fingerprint density at radius 3 is 3.04 bits per heavy atom. The van der Waals surface area contributed by atoms with E-state index < -0.39 is 11.7 Å². The first-order chi connectivity index (χ1) is 13.1. The van der Waals surface area contributed by atoms with Crippen LogP contribution in [-0.4, -0.2) is 48.0 Å². The predicted octanol–water partition coefficient (Wildman–Crippen LogP) is 2.18. The van der Waals surface area contributed by atoms with Gasteiger partial charge in [-0.25, -0.2) is 9.37 Å². The molecule has 1 atom stereocenters. The Morgan fingerprint density at radius 2 is 2.22 bits per heavy atom. The van der Waals surface area contributed by atoms with Crippen LogP contribution in [0.4, 0.5) is 15.2 Å². The molecule has 0 aliphatic carbocycles. The maximum atomic E-state index is 13.4. The minimum absolute atomic E-state index is 0.0243. The molecule has 0 spiro atoms. The summed E-state index contributed by atoms with van der Waals surface area (Å²) < 4.78 is 18.8. The highest BCUT2D eigenvalue weighted by Crippen LogP contribution is 2.33.